The maximum absolute atomic E-state index is 12.1. The van der Waals surface area contributed by atoms with Gasteiger partial charge in [-0.15, -0.1) is 0 Å². The highest BCUT2D eigenvalue weighted by Crippen LogP contribution is 2.29. The van der Waals surface area contributed by atoms with Crippen LogP contribution in [0.3, 0.4) is 0 Å². The van der Waals surface area contributed by atoms with Crippen molar-refractivity contribution in [3.8, 4) is 0 Å². The number of rotatable bonds is 4. The third-order valence-electron chi connectivity index (χ3n) is 3.78. The fraction of sp³-hybridized carbons (Fsp3) is 0.500. The Kier molecular flexibility index (Phi) is 4.80. The van der Waals surface area contributed by atoms with Crippen LogP contribution in [0.15, 0.2) is 18.2 Å². The normalized spacial score (nSPS) is 17.2. The van der Waals surface area contributed by atoms with Crippen molar-refractivity contribution in [2.45, 2.75) is 37.7 Å². The quantitative estimate of drug-likeness (QED) is 0.660. The predicted molar refractivity (Wildman–Crippen MR) is 78.5 cm³/mol. The van der Waals surface area contributed by atoms with Crippen molar-refractivity contribution < 1.29 is 14.8 Å². The fourth-order valence-corrected chi connectivity index (χ4v) is 2.84. The highest BCUT2D eigenvalue weighted by atomic mass is 35.5. The van der Waals surface area contributed by atoms with Crippen molar-refractivity contribution in [2.24, 2.45) is 0 Å². The SMILES string of the molecule is O=C(NCC1(O)CCCCC1)c1cccc([N+](=O)[O-])c1Cl. The molecule has 1 saturated carbocycles. The molecule has 114 valence electrons. The average molecular weight is 313 g/mol. The van der Waals surface area contributed by atoms with E-state index in [4.69, 9.17) is 11.6 Å². The molecule has 0 heterocycles. The van der Waals surface area contributed by atoms with Crippen LogP contribution in [-0.2, 0) is 0 Å². The maximum atomic E-state index is 12.1. The van der Waals surface area contributed by atoms with Gasteiger partial charge in [-0.3, -0.25) is 14.9 Å². The topological polar surface area (TPSA) is 92.5 Å². The largest absolute Gasteiger partial charge is 0.388 e. The van der Waals surface area contributed by atoms with Crippen LogP contribution in [0.5, 0.6) is 0 Å². The summed E-state index contributed by atoms with van der Waals surface area (Å²) in [7, 11) is 0. The number of aliphatic hydroxyl groups is 1. The third-order valence-corrected chi connectivity index (χ3v) is 4.18. The summed E-state index contributed by atoms with van der Waals surface area (Å²) in [6.07, 6.45) is 4.26. The second-order valence-electron chi connectivity index (χ2n) is 5.36. The van der Waals surface area contributed by atoms with Crippen LogP contribution in [-0.4, -0.2) is 28.1 Å². The van der Waals surface area contributed by atoms with Crippen LogP contribution < -0.4 is 5.32 Å². The van der Waals surface area contributed by atoms with Crippen LogP contribution in [0.2, 0.25) is 5.02 Å². The zero-order valence-corrected chi connectivity index (χ0v) is 12.2. The van der Waals surface area contributed by atoms with E-state index in [-0.39, 0.29) is 22.8 Å². The van der Waals surface area contributed by atoms with Crippen molar-refractivity contribution in [1.29, 1.82) is 0 Å². The number of carbonyl (C=O) groups is 1. The van der Waals surface area contributed by atoms with Crippen molar-refractivity contribution in [3.05, 3.63) is 38.9 Å². The summed E-state index contributed by atoms with van der Waals surface area (Å²) in [5, 5.41) is 23.6. The van der Waals surface area contributed by atoms with E-state index in [0.717, 1.165) is 19.3 Å². The summed E-state index contributed by atoms with van der Waals surface area (Å²) >= 11 is 5.89. The Balaban J connectivity index is 2.07. The van der Waals surface area contributed by atoms with E-state index in [1.165, 1.54) is 18.2 Å². The molecule has 1 aliphatic rings. The van der Waals surface area contributed by atoms with Crippen molar-refractivity contribution in [2.75, 3.05) is 6.54 Å². The first-order chi connectivity index (χ1) is 9.93. The number of hydrogen-bond donors (Lipinski definition) is 2. The molecule has 0 spiro atoms. The van der Waals surface area contributed by atoms with Crippen molar-refractivity contribution in [1.82, 2.24) is 5.32 Å². The summed E-state index contributed by atoms with van der Waals surface area (Å²) in [6.45, 7) is 0.130. The molecule has 0 radical (unpaired) electrons. The lowest BCUT2D eigenvalue weighted by molar-refractivity contribution is -0.384. The molecule has 0 aliphatic heterocycles. The van der Waals surface area contributed by atoms with Gasteiger partial charge in [-0.05, 0) is 18.9 Å². The summed E-state index contributed by atoms with van der Waals surface area (Å²) in [6, 6.07) is 4.08. The second kappa shape index (κ2) is 6.41. The Bertz CT molecular complexity index is 556. The van der Waals surface area contributed by atoms with E-state index in [1.807, 2.05) is 0 Å². The minimum Gasteiger partial charge on any atom is -0.388 e. The lowest BCUT2D eigenvalue weighted by Crippen LogP contribution is -2.44. The Morgan fingerprint density at radius 1 is 1.38 bits per heavy atom. The molecule has 0 bridgehead atoms. The van der Waals surface area contributed by atoms with Gasteiger partial charge in [0, 0.05) is 12.6 Å². The molecule has 21 heavy (non-hydrogen) atoms. The third kappa shape index (κ3) is 3.71. The molecule has 1 amide bonds. The molecule has 2 N–H and O–H groups in total. The first-order valence-corrected chi connectivity index (χ1v) is 7.24. The minimum absolute atomic E-state index is 0.0466. The Morgan fingerprint density at radius 2 is 2.05 bits per heavy atom. The van der Waals surface area contributed by atoms with Gasteiger partial charge in [0.2, 0.25) is 0 Å². The Labute approximate surface area is 127 Å². The molecular formula is C14H17ClN2O4. The van der Waals surface area contributed by atoms with Gasteiger partial charge in [0.25, 0.3) is 11.6 Å². The predicted octanol–water partition coefficient (Wildman–Crippen LogP) is 2.67. The lowest BCUT2D eigenvalue weighted by atomic mass is 9.85. The van der Waals surface area contributed by atoms with E-state index in [2.05, 4.69) is 5.32 Å². The fourth-order valence-electron chi connectivity index (χ4n) is 2.56. The van der Waals surface area contributed by atoms with Crippen LogP contribution in [0.1, 0.15) is 42.5 Å². The summed E-state index contributed by atoms with van der Waals surface area (Å²) in [4.78, 5) is 22.3. The molecule has 0 unspecified atom stereocenters. The molecule has 1 aliphatic carbocycles. The monoisotopic (exact) mass is 312 g/mol. The second-order valence-corrected chi connectivity index (χ2v) is 5.74. The summed E-state index contributed by atoms with van der Waals surface area (Å²) in [5.74, 6) is -0.511. The molecular weight excluding hydrogens is 296 g/mol. The lowest BCUT2D eigenvalue weighted by Gasteiger charge is -2.32. The number of benzene rings is 1. The number of nitrogens with one attached hydrogen (secondary N) is 1. The Hall–Kier alpha value is -1.66. The molecule has 1 aromatic rings. The van der Waals surface area contributed by atoms with Gasteiger partial charge in [0.05, 0.1) is 16.1 Å². The van der Waals surface area contributed by atoms with Gasteiger partial charge in [-0.2, -0.15) is 0 Å². The summed E-state index contributed by atoms with van der Waals surface area (Å²) < 4.78 is 0. The maximum Gasteiger partial charge on any atom is 0.288 e. The van der Waals surface area contributed by atoms with E-state index < -0.39 is 16.4 Å². The minimum atomic E-state index is -0.888. The molecule has 0 aromatic heterocycles. The zero-order valence-electron chi connectivity index (χ0n) is 11.5. The van der Waals surface area contributed by atoms with Crippen LogP contribution in [0, 0.1) is 10.1 Å². The molecule has 6 nitrogen and oxygen atoms in total. The van der Waals surface area contributed by atoms with Crippen LogP contribution in [0.4, 0.5) is 5.69 Å². The van der Waals surface area contributed by atoms with E-state index in [9.17, 15) is 20.0 Å². The Morgan fingerprint density at radius 3 is 2.67 bits per heavy atom. The molecule has 0 atom stereocenters. The molecule has 1 fully saturated rings. The number of halogens is 1. The average Bonchev–Trinajstić information content (AvgIpc) is 2.45. The molecule has 0 saturated heterocycles. The van der Waals surface area contributed by atoms with Gasteiger partial charge in [-0.25, -0.2) is 0 Å². The van der Waals surface area contributed by atoms with Crippen LogP contribution in [0.25, 0.3) is 0 Å². The van der Waals surface area contributed by atoms with Gasteiger partial charge < -0.3 is 10.4 Å². The summed E-state index contributed by atoms with van der Waals surface area (Å²) in [5.41, 5.74) is -1.15. The molecule has 2 rings (SSSR count). The van der Waals surface area contributed by atoms with Gasteiger partial charge >= 0.3 is 0 Å². The van der Waals surface area contributed by atoms with E-state index in [0.29, 0.717) is 12.8 Å². The van der Waals surface area contributed by atoms with Crippen molar-refractivity contribution in [3.63, 3.8) is 0 Å². The van der Waals surface area contributed by atoms with E-state index >= 15 is 0 Å². The molecule has 7 heteroatoms. The van der Waals surface area contributed by atoms with Crippen LogP contribution >= 0.6 is 11.6 Å². The first kappa shape index (κ1) is 15.7. The number of hydrogen-bond acceptors (Lipinski definition) is 4. The number of nitrogens with zero attached hydrogens (tertiary/aromatic N) is 1. The van der Waals surface area contributed by atoms with Crippen molar-refractivity contribution >= 4 is 23.2 Å². The van der Waals surface area contributed by atoms with Gasteiger partial charge in [-0.1, -0.05) is 36.9 Å². The number of nitro benzene ring substituents is 1. The highest BCUT2D eigenvalue weighted by molar-refractivity contribution is 6.35. The first-order valence-electron chi connectivity index (χ1n) is 6.86. The highest BCUT2D eigenvalue weighted by Gasteiger charge is 2.30. The van der Waals surface area contributed by atoms with E-state index in [1.54, 1.807) is 0 Å². The number of nitro groups is 1. The van der Waals surface area contributed by atoms with Gasteiger partial charge in [0.15, 0.2) is 0 Å². The number of carbonyl (C=O) groups excluding carboxylic acids is 1. The van der Waals surface area contributed by atoms with Gasteiger partial charge in [0.1, 0.15) is 5.02 Å². The zero-order chi connectivity index (χ0) is 15.5. The molecule has 1 aromatic carbocycles. The smallest absolute Gasteiger partial charge is 0.288 e. The number of amides is 1. The standard InChI is InChI=1S/C14H17ClN2O4/c15-12-10(5-4-6-11(12)17(20)21)13(18)16-9-14(19)7-2-1-3-8-14/h4-6,19H,1-3,7-9H2,(H,16,18).